The summed E-state index contributed by atoms with van der Waals surface area (Å²) in [5.41, 5.74) is 0. The summed E-state index contributed by atoms with van der Waals surface area (Å²) < 4.78 is 0. The van der Waals surface area contributed by atoms with E-state index in [0.29, 0.717) is 0 Å². The van der Waals surface area contributed by atoms with Crippen molar-refractivity contribution in [3.63, 3.8) is 0 Å². The van der Waals surface area contributed by atoms with Crippen LogP contribution in [-0.4, -0.2) is 5.48 Å². The van der Waals surface area contributed by atoms with E-state index in [1.807, 2.05) is 0 Å². The van der Waals surface area contributed by atoms with E-state index in [2.05, 4.69) is 0 Å². The van der Waals surface area contributed by atoms with Gasteiger partial charge in [-0.15, -0.1) is 0 Å². The second-order valence-corrected chi connectivity index (χ2v) is 0. The molecule has 0 aliphatic rings. The van der Waals surface area contributed by atoms with Crippen LogP contribution in [0.25, 0.3) is 0 Å². The number of rotatable bonds is 0. The molecule has 0 amide bonds. The van der Waals surface area contributed by atoms with E-state index in [9.17, 15) is 0 Å². The summed E-state index contributed by atoms with van der Waals surface area (Å²) in [5.74, 6) is 0. The molecule has 248 valence electrons. The predicted molar refractivity (Wildman–Crippen MR) is 154 cm³/mol. The lowest BCUT2D eigenvalue weighted by Gasteiger charge is -0.412. The lowest BCUT2D eigenvalue weighted by atomic mass is 14.0. The molecule has 0 atom stereocenters. The van der Waals surface area contributed by atoms with Crippen LogP contribution in [-0.2, 0) is 0 Å². The molecule has 0 bridgehead atoms. The summed E-state index contributed by atoms with van der Waals surface area (Å²) in [6, 6.07) is 0. The first kappa shape index (κ1) is 16000. The molecule has 0 spiro atoms. The van der Waals surface area contributed by atoms with Crippen LogP contribution in [0.4, 0.5) is 0 Å². The van der Waals surface area contributed by atoms with Crippen molar-refractivity contribution in [2.24, 2.45) is 0 Å². The fourth-order valence-electron chi connectivity index (χ4n) is 0. The average Bonchev–Trinajstić information content (AvgIpc) is 0. The van der Waals surface area contributed by atoms with Gasteiger partial charge in [0.1, 0.15) is 0 Å². The van der Waals surface area contributed by atoms with Crippen LogP contribution < -0.4 is 185 Å². The molecule has 0 aromatic rings. The van der Waals surface area contributed by atoms with Crippen LogP contribution in [0.1, 0.15) is 0 Å². The third kappa shape index (κ3) is 13400. The van der Waals surface area contributed by atoms with Crippen molar-refractivity contribution in [2.75, 3.05) is 0 Å². The van der Waals surface area contributed by atoms with Crippen molar-refractivity contribution in [1.29, 1.82) is 0 Å². The first-order valence-electron chi connectivity index (χ1n) is 0. The minimum absolute atomic E-state index is 0. The fraction of sp³-hybridized carbons (Fsp3) is 0. The van der Waals surface area contributed by atoms with Gasteiger partial charge in [0.05, 0.1) is 0 Å². The summed E-state index contributed by atoms with van der Waals surface area (Å²) in [6.45, 7) is 0. The highest BCUT2D eigenvalue weighted by Crippen LogP contribution is -0.289. The summed E-state index contributed by atoms with van der Waals surface area (Å²) in [7, 11) is 0. The first-order chi connectivity index (χ1) is 0. The van der Waals surface area contributed by atoms with Crippen molar-refractivity contribution < 1.29 is 5.48 Å². The van der Waals surface area contributed by atoms with Crippen LogP contribution in [0.5, 0.6) is 0 Å². The standard InChI is InChI=1S/30H3N.H2O/h30*1H3;1H2. The van der Waals surface area contributed by atoms with E-state index in [0.717, 1.165) is 0 Å². The second kappa shape index (κ2) is 14400. The fourth-order valence-corrected chi connectivity index (χ4v) is 0. The molecular weight excluding hydrogens is 436 g/mol. The van der Waals surface area contributed by atoms with E-state index in [-0.39, 0.29) is 190 Å². The lowest BCUT2D eigenvalue weighted by molar-refractivity contribution is 0.824. The zero-order valence-corrected chi connectivity index (χ0v) is 21.7. The molecule has 0 rings (SSSR count). The van der Waals surface area contributed by atoms with Gasteiger partial charge in [-0.3, -0.25) is 0 Å². The zero-order chi connectivity index (χ0) is 0. The van der Waals surface area contributed by atoms with Gasteiger partial charge in [0.25, 0.3) is 0 Å². The highest BCUT2D eigenvalue weighted by Gasteiger charge is -0.315. The maximum atomic E-state index is 0. The molecule has 0 heterocycles. The molecule has 0 aromatic heterocycles. The molecule has 31 heteroatoms. The summed E-state index contributed by atoms with van der Waals surface area (Å²) in [6.07, 6.45) is 0. The Bertz CT molecular complexity index is 6.37. The van der Waals surface area contributed by atoms with Gasteiger partial charge in [-0.1, -0.05) is 0 Å². The largest absolute Gasteiger partial charge is 0.412 e. The number of hydrogen-bond acceptors (Lipinski definition) is 30. The van der Waals surface area contributed by atoms with E-state index >= 15 is 0 Å². The highest BCUT2D eigenvalue weighted by atomic mass is 16.0. The third-order valence-corrected chi connectivity index (χ3v) is 0. The molecule has 0 aliphatic heterocycles. The molecule has 0 aromatic carbocycles. The van der Waals surface area contributed by atoms with Gasteiger partial charge in [-0.05, 0) is 0 Å². The normalized spacial score (nSPS) is 0. The Morgan fingerprint density at radius 1 is 0.0645 bits per heavy atom. The maximum absolute atomic E-state index is 0. The maximum Gasteiger partial charge on any atom is -0.344 e. The molecule has 0 aliphatic carbocycles. The van der Waals surface area contributed by atoms with Crippen LogP contribution in [0.15, 0.2) is 0 Å². The van der Waals surface area contributed by atoms with Gasteiger partial charge in [-0.25, -0.2) is 0 Å². The number of hydrogen-bond donors (Lipinski definition) is 30. The minimum Gasteiger partial charge on any atom is -0.412 e. The Morgan fingerprint density at radius 3 is 0.0645 bits per heavy atom. The molecule has 0 saturated heterocycles. The quantitative estimate of drug-likeness (QED) is 0.210. The Labute approximate surface area is 191 Å². The topological polar surface area (TPSA) is 1080 Å². The van der Waals surface area contributed by atoms with E-state index in [1.165, 1.54) is 0 Å². The molecule has 92 N–H and O–H groups in total. The van der Waals surface area contributed by atoms with Gasteiger partial charge in [0.15, 0.2) is 0 Å². The van der Waals surface area contributed by atoms with Crippen molar-refractivity contribution in [3.8, 4) is 0 Å². The van der Waals surface area contributed by atoms with Crippen LogP contribution in [0, 0.1) is 0 Å². The van der Waals surface area contributed by atoms with Crippen LogP contribution in [0.3, 0.4) is 0 Å². The monoisotopic (exact) mass is 529 g/mol. The van der Waals surface area contributed by atoms with Crippen molar-refractivity contribution in [2.45, 2.75) is 0 Å². The zero-order valence-electron chi connectivity index (χ0n) is 21.7. The smallest absolute Gasteiger partial charge is 0.344 e. The van der Waals surface area contributed by atoms with E-state index < -0.39 is 0 Å². The highest BCUT2D eigenvalue weighted by molar-refractivity contribution is 2.16. The van der Waals surface area contributed by atoms with Gasteiger partial charge in [-0.2, -0.15) is 0 Å². The summed E-state index contributed by atoms with van der Waals surface area (Å²) in [4.78, 5) is 0. The Hall–Kier alpha value is -1.24. The molecule has 31 nitrogen and oxygen atoms in total. The molecule has 31 heavy (non-hydrogen) atoms. The van der Waals surface area contributed by atoms with Gasteiger partial charge in [0.2, 0.25) is 0 Å². The Kier molecular flexibility index (Phi) is 7440000. The van der Waals surface area contributed by atoms with Gasteiger partial charge in [0, 0.05) is 0 Å². The van der Waals surface area contributed by atoms with Crippen LogP contribution >= 0.6 is 0 Å². The van der Waals surface area contributed by atoms with Crippen molar-refractivity contribution in [3.05, 3.63) is 0 Å². The molecular formula is H92N30O. The summed E-state index contributed by atoms with van der Waals surface area (Å²) >= 11 is 0. The average molecular weight is 529 g/mol. The first-order valence-corrected chi connectivity index (χ1v) is 0. The minimum atomic E-state index is 0. The molecule has 0 fully saturated rings. The van der Waals surface area contributed by atoms with Crippen LogP contribution in [0.2, 0.25) is 0 Å². The van der Waals surface area contributed by atoms with E-state index in [1.54, 1.807) is 0 Å². The van der Waals surface area contributed by atoms with Gasteiger partial charge >= 0.3 is 0 Å². The third-order valence-electron chi connectivity index (χ3n) is 0. The lowest BCUT2D eigenvalue weighted by Crippen LogP contribution is -0.482. The summed E-state index contributed by atoms with van der Waals surface area (Å²) in [5, 5.41) is 0. The van der Waals surface area contributed by atoms with E-state index in [4.69, 9.17) is 0 Å². The Balaban J connectivity index is 0. The molecule has 0 radical (unpaired) electrons. The van der Waals surface area contributed by atoms with Crippen molar-refractivity contribution in [1.82, 2.24) is 185 Å². The second-order valence-electron chi connectivity index (χ2n) is 0. The van der Waals surface area contributed by atoms with Crippen molar-refractivity contribution >= 4 is 0 Å². The van der Waals surface area contributed by atoms with Gasteiger partial charge < -0.3 is 190 Å². The Morgan fingerprint density at radius 2 is 0.0645 bits per heavy atom. The predicted octanol–water partition coefficient (Wildman–Crippen LogP) is 4.04. The molecule has 0 saturated carbocycles. The molecule has 0 unspecified atom stereocenters. The SMILES string of the molecule is N.N.N.N.N.N.N.N.N.N.N.N.N.N.N.N.N.N.N.N.N.N.N.N.N.N.N.N.N.N.O.